The van der Waals surface area contributed by atoms with Gasteiger partial charge in [-0.25, -0.2) is 9.78 Å². The Bertz CT molecular complexity index is 675. The highest BCUT2D eigenvalue weighted by molar-refractivity contribution is 5.97. The van der Waals surface area contributed by atoms with Gasteiger partial charge in [-0.3, -0.25) is 4.79 Å². The fraction of sp³-hybridized carbons (Fsp3) is 0.400. The van der Waals surface area contributed by atoms with Gasteiger partial charge in [0.25, 0.3) is 5.91 Å². The first-order chi connectivity index (χ1) is 9.86. The van der Waals surface area contributed by atoms with Gasteiger partial charge >= 0.3 is 5.97 Å². The molecule has 0 aromatic carbocycles. The van der Waals surface area contributed by atoms with Crippen molar-refractivity contribution in [2.75, 3.05) is 0 Å². The number of furan rings is 1. The van der Waals surface area contributed by atoms with E-state index in [2.05, 4.69) is 10.3 Å². The van der Waals surface area contributed by atoms with Crippen LogP contribution in [-0.4, -0.2) is 28.0 Å². The number of fused-ring (bicyclic) bond motifs is 1. The van der Waals surface area contributed by atoms with Gasteiger partial charge in [-0.05, 0) is 31.4 Å². The highest BCUT2D eigenvalue weighted by atomic mass is 16.4. The minimum absolute atomic E-state index is 0.0677. The monoisotopic (exact) mass is 290 g/mol. The molecule has 6 heteroatoms. The fourth-order valence-corrected chi connectivity index (χ4v) is 2.06. The summed E-state index contributed by atoms with van der Waals surface area (Å²) >= 11 is 0. The molecule has 6 nitrogen and oxygen atoms in total. The molecular weight excluding hydrogens is 272 g/mol. The van der Waals surface area contributed by atoms with Crippen LogP contribution in [0.3, 0.4) is 0 Å². The number of aliphatic carboxylic acids is 1. The predicted octanol–water partition coefficient (Wildman–Crippen LogP) is 2.37. The van der Waals surface area contributed by atoms with Crippen molar-refractivity contribution in [3.8, 4) is 0 Å². The van der Waals surface area contributed by atoms with Gasteiger partial charge in [-0.15, -0.1) is 0 Å². The Morgan fingerprint density at radius 3 is 2.71 bits per heavy atom. The van der Waals surface area contributed by atoms with Gasteiger partial charge in [0.2, 0.25) is 0 Å². The number of hydrogen-bond donors (Lipinski definition) is 2. The Morgan fingerprint density at radius 1 is 1.38 bits per heavy atom. The van der Waals surface area contributed by atoms with Gasteiger partial charge in [0.15, 0.2) is 11.3 Å². The molecule has 0 saturated heterocycles. The van der Waals surface area contributed by atoms with E-state index in [0.717, 1.165) is 5.69 Å². The molecule has 2 aromatic rings. The van der Waals surface area contributed by atoms with Crippen LogP contribution in [0.25, 0.3) is 11.1 Å². The lowest BCUT2D eigenvalue weighted by Gasteiger charge is -2.15. The van der Waals surface area contributed by atoms with Crippen LogP contribution in [0.15, 0.2) is 22.6 Å². The van der Waals surface area contributed by atoms with Crippen molar-refractivity contribution in [2.45, 2.75) is 33.2 Å². The number of nitrogens with one attached hydrogen (secondary N) is 1. The molecule has 2 aromatic heterocycles. The number of carbonyl (C=O) groups is 2. The second kappa shape index (κ2) is 5.95. The van der Waals surface area contributed by atoms with Crippen molar-refractivity contribution in [3.05, 3.63) is 29.7 Å². The minimum atomic E-state index is -1.05. The standard InChI is InChI=1S/C15H18N2O4/c1-8(2)6-11(15(19)20)17-14(18)13-7-10-12(21-13)5-4-9(3)16-10/h4-5,7-8,11H,6H2,1-3H3,(H,17,18)(H,19,20)/t11-/m0/s1. The van der Waals surface area contributed by atoms with Crippen LogP contribution in [0.1, 0.15) is 36.5 Å². The van der Waals surface area contributed by atoms with Gasteiger partial charge in [0, 0.05) is 11.8 Å². The number of nitrogens with zero attached hydrogens (tertiary/aromatic N) is 1. The quantitative estimate of drug-likeness (QED) is 0.881. The number of carboxylic acid groups (broad SMARTS) is 1. The maximum atomic E-state index is 12.1. The van der Waals surface area contributed by atoms with Crippen LogP contribution in [0, 0.1) is 12.8 Å². The number of hydrogen-bond acceptors (Lipinski definition) is 4. The van der Waals surface area contributed by atoms with Crippen molar-refractivity contribution in [2.24, 2.45) is 5.92 Å². The number of carbonyl (C=O) groups excluding carboxylic acids is 1. The Balaban J connectivity index is 2.19. The maximum absolute atomic E-state index is 12.1. The van der Waals surface area contributed by atoms with Gasteiger partial charge in [-0.2, -0.15) is 0 Å². The first-order valence-electron chi connectivity index (χ1n) is 6.77. The summed E-state index contributed by atoms with van der Waals surface area (Å²) in [4.78, 5) is 27.5. The molecule has 21 heavy (non-hydrogen) atoms. The third-order valence-electron chi connectivity index (χ3n) is 3.05. The van der Waals surface area contributed by atoms with E-state index in [1.54, 1.807) is 12.1 Å². The number of rotatable bonds is 5. The molecule has 0 aliphatic rings. The summed E-state index contributed by atoms with van der Waals surface area (Å²) in [7, 11) is 0. The zero-order valence-corrected chi connectivity index (χ0v) is 12.2. The summed E-state index contributed by atoms with van der Waals surface area (Å²) in [5, 5.41) is 11.6. The van der Waals surface area contributed by atoms with Gasteiger partial charge in [0.05, 0.1) is 0 Å². The normalized spacial score (nSPS) is 12.6. The Kier molecular flexibility index (Phi) is 4.26. The molecular formula is C15H18N2O4. The average Bonchev–Trinajstić information content (AvgIpc) is 2.80. The Labute approximate surface area is 122 Å². The molecule has 0 aliphatic heterocycles. The molecule has 0 radical (unpaired) electrons. The smallest absolute Gasteiger partial charge is 0.326 e. The maximum Gasteiger partial charge on any atom is 0.326 e. The van der Waals surface area contributed by atoms with Crippen molar-refractivity contribution in [3.63, 3.8) is 0 Å². The van der Waals surface area contributed by atoms with Gasteiger partial charge in [0.1, 0.15) is 11.6 Å². The number of pyridine rings is 1. The minimum Gasteiger partial charge on any atom is -0.480 e. The van der Waals surface area contributed by atoms with E-state index in [0.29, 0.717) is 17.5 Å². The SMILES string of the molecule is Cc1ccc2oc(C(=O)N[C@@H](CC(C)C)C(=O)O)cc2n1. The van der Waals surface area contributed by atoms with Gasteiger partial charge in [-0.1, -0.05) is 13.8 Å². The van der Waals surface area contributed by atoms with Gasteiger partial charge < -0.3 is 14.8 Å². The lowest BCUT2D eigenvalue weighted by Crippen LogP contribution is -2.41. The number of carboxylic acids is 1. The van der Waals surface area contributed by atoms with E-state index < -0.39 is 17.9 Å². The number of aromatic nitrogens is 1. The highest BCUT2D eigenvalue weighted by Crippen LogP contribution is 2.18. The molecule has 0 aliphatic carbocycles. The molecule has 112 valence electrons. The molecule has 1 amide bonds. The summed E-state index contributed by atoms with van der Waals surface area (Å²) in [5.74, 6) is -1.37. The Morgan fingerprint density at radius 2 is 2.10 bits per heavy atom. The topological polar surface area (TPSA) is 92.4 Å². The largest absolute Gasteiger partial charge is 0.480 e. The molecule has 0 fully saturated rings. The zero-order valence-electron chi connectivity index (χ0n) is 12.2. The molecule has 2 rings (SSSR count). The fourth-order valence-electron chi connectivity index (χ4n) is 2.06. The molecule has 2 heterocycles. The molecule has 0 bridgehead atoms. The van der Waals surface area contributed by atoms with Crippen LogP contribution in [-0.2, 0) is 4.79 Å². The van der Waals surface area contributed by atoms with E-state index >= 15 is 0 Å². The first-order valence-corrected chi connectivity index (χ1v) is 6.77. The molecule has 1 atom stereocenters. The number of amides is 1. The van der Waals surface area contributed by atoms with E-state index in [1.807, 2.05) is 20.8 Å². The summed E-state index contributed by atoms with van der Waals surface area (Å²) in [6.45, 7) is 5.64. The van der Waals surface area contributed by atoms with Crippen LogP contribution in [0.4, 0.5) is 0 Å². The Hall–Kier alpha value is -2.37. The van der Waals surface area contributed by atoms with E-state index in [4.69, 9.17) is 9.52 Å². The molecule has 2 N–H and O–H groups in total. The summed E-state index contributed by atoms with van der Waals surface area (Å²) < 4.78 is 5.40. The summed E-state index contributed by atoms with van der Waals surface area (Å²) in [6, 6.07) is 4.11. The molecule has 0 saturated carbocycles. The van der Waals surface area contributed by atoms with E-state index in [9.17, 15) is 9.59 Å². The van der Waals surface area contributed by atoms with Crippen molar-refractivity contribution < 1.29 is 19.1 Å². The van der Waals surface area contributed by atoms with E-state index in [1.165, 1.54) is 6.07 Å². The highest BCUT2D eigenvalue weighted by Gasteiger charge is 2.23. The third kappa shape index (κ3) is 3.59. The predicted molar refractivity (Wildman–Crippen MR) is 77.1 cm³/mol. The lowest BCUT2D eigenvalue weighted by atomic mass is 10.0. The van der Waals surface area contributed by atoms with Crippen LogP contribution >= 0.6 is 0 Å². The van der Waals surface area contributed by atoms with Crippen LogP contribution < -0.4 is 5.32 Å². The number of aryl methyl sites for hydroxylation is 1. The molecule has 0 unspecified atom stereocenters. The summed E-state index contributed by atoms with van der Waals surface area (Å²) in [5.41, 5.74) is 1.90. The summed E-state index contributed by atoms with van der Waals surface area (Å²) in [6.07, 6.45) is 0.360. The first kappa shape index (κ1) is 15.0. The molecule has 0 spiro atoms. The average molecular weight is 290 g/mol. The van der Waals surface area contributed by atoms with Crippen molar-refractivity contribution in [1.82, 2.24) is 10.3 Å². The van der Waals surface area contributed by atoms with Crippen molar-refractivity contribution in [1.29, 1.82) is 0 Å². The van der Waals surface area contributed by atoms with E-state index in [-0.39, 0.29) is 11.7 Å². The van der Waals surface area contributed by atoms with Crippen LogP contribution in [0.5, 0.6) is 0 Å². The second-order valence-electron chi connectivity index (χ2n) is 5.44. The third-order valence-corrected chi connectivity index (χ3v) is 3.05. The zero-order chi connectivity index (χ0) is 15.6. The van der Waals surface area contributed by atoms with Crippen LogP contribution in [0.2, 0.25) is 0 Å². The second-order valence-corrected chi connectivity index (χ2v) is 5.44. The van der Waals surface area contributed by atoms with Crippen molar-refractivity contribution >= 4 is 23.0 Å². The lowest BCUT2D eigenvalue weighted by molar-refractivity contribution is -0.139.